The molecule has 1 amide bonds. The van der Waals surface area contributed by atoms with Gasteiger partial charge in [0.05, 0.1) is 6.04 Å². The van der Waals surface area contributed by atoms with E-state index >= 15 is 0 Å². The summed E-state index contributed by atoms with van der Waals surface area (Å²) >= 11 is 0. The van der Waals surface area contributed by atoms with Crippen LogP contribution in [0.15, 0.2) is 0 Å². The van der Waals surface area contributed by atoms with E-state index in [0.717, 1.165) is 12.8 Å². The van der Waals surface area contributed by atoms with E-state index in [0.29, 0.717) is 13.0 Å². The Hall–Kier alpha value is -0.0900. The van der Waals surface area contributed by atoms with Gasteiger partial charge in [-0.3, -0.25) is 9.36 Å². The van der Waals surface area contributed by atoms with Crippen molar-refractivity contribution in [2.75, 3.05) is 6.54 Å². The summed E-state index contributed by atoms with van der Waals surface area (Å²) in [4.78, 5) is 22.7. The number of carbonyl (C=O) groups is 1. The first-order valence-electron chi connectivity index (χ1n) is 5.77. The number of likely N-dealkylation sites (tertiary alicyclic amines) is 1. The largest absolute Gasteiger partial charge is 0.345 e. The fourth-order valence-corrected chi connectivity index (χ4v) is 2.95. The van der Waals surface area contributed by atoms with Crippen LogP contribution in [-0.2, 0) is 9.36 Å². The first kappa shape index (κ1) is 16.9. The first-order chi connectivity index (χ1) is 7.49. The van der Waals surface area contributed by atoms with Crippen molar-refractivity contribution in [2.24, 2.45) is 11.7 Å². The molecule has 0 radical (unpaired) electrons. The summed E-state index contributed by atoms with van der Waals surface area (Å²) < 4.78 is 11.1. The van der Waals surface area contributed by atoms with Crippen LogP contribution in [0.2, 0.25) is 0 Å². The lowest BCUT2D eigenvalue weighted by Gasteiger charge is -2.27. The Morgan fingerprint density at radius 2 is 2.24 bits per heavy atom. The molecule has 0 bridgehead atoms. The lowest BCUT2D eigenvalue weighted by Crippen LogP contribution is -2.48. The van der Waals surface area contributed by atoms with Gasteiger partial charge in [-0.2, -0.15) is 0 Å². The molecule has 3 N–H and O–H groups in total. The molecule has 7 heteroatoms. The summed E-state index contributed by atoms with van der Waals surface area (Å²) in [5.74, 6) is -0.563. The molecule has 5 nitrogen and oxygen atoms in total. The van der Waals surface area contributed by atoms with Gasteiger partial charge in [0.2, 0.25) is 13.9 Å². The van der Waals surface area contributed by atoms with Crippen molar-refractivity contribution in [2.45, 2.75) is 44.9 Å². The van der Waals surface area contributed by atoms with E-state index in [-0.39, 0.29) is 24.2 Å². The second-order valence-electron chi connectivity index (χ2n) is 4.44. The van der Waals surface area contributed by atoms with Gasteiger partial charge in [0.1, 0.15) is 5.78 Å². The van der Waals surface area contributed by atoms with Crippen molar-refractivity contribution >= 4 is 26.3 Å². The topological polar surface area (TPSA) is 83.6 Å². The van der Waals surface area contributed by atoms with Crippen LogP contribution in [-0.4, -0.2) is 34.1 Å². The van der Waals surface area contributed by atoms with Crippen LogP contribution in [0.1, 0.15) is 33.1 Å². The third-order valence-corrected chi connectivity index (χ3v) is 4.53. The van der Waals surface area contributed by atoms with E-state index < -0.39 is 19.9 Å². The molecule has 0 aromatic rings. The number of halogens is 1. The molecule has 102 valence electrons. The molecule has 1 rings (SSSR count). The minimum atomic E-state index is -2.67. The highest BCUT2D eigenvalue weighted by Crippen LogP contribution is 2.35. The molecule has 0 spiro atoms. The summed E-state index contributed by atoms with van der Waals surface area (Å²) in [6.07, 6.45) is 2.24. The van der Waals surface area contributed by atoms with Crippen molar-refractivity contribution < 1.29 is 14.3 Å². The van der Waals surface area contributed by atoms with Gasteiger partial charge in [0.25, 0.3) is 0 Å². The molecule has 1 aliphatic heterocycles. The van der Waals surface area contributed by atoms with Gasteiger partial charge in [-0.1, -0.05) is 20.3 Å². The Bertz CT molecular complexity index is 291. The van der Waals surface area contributed by atoms with E-state index in [1.54, 1.807) is 0 Å². The Morgan fingerprint density at radius 3 is 2.71 bits per heavy atom. The number of nitrogens with two attached hydrogens (primary N) is 1. The average molecular weight is 285 g/mol. The lowest BCUT2D eigenvalue weighted by atomic mass is 9.99. The monoisotopic (exact) mass is 284 g/mol. The van der Waals surface area contributed by atoms with E-state index in [4.69, 9.17) is 10.6 Å². The standard InChI is InChI=1S/C10H21N2O3P.ClH/c1-3-7(2)9(11)10(13)12-6-4-5-8(12)16(14)15;/h7-9,16H,3-6,11H2,1-2H3,(H,14,15);1H/t7-,8+,9-;/m0./s1. The summed E-state index contributed by atoms with van der Waals surface area (Å²) in [6, 6.07) is -0.549. The zero-order valence-electron chi connectivity index (χ0n) is 10.3. The fourth-order valence-electron chi connectivity index (χ4n) is 1.98. The number of hydrogen-bond acceptors (Lipinski definition) is 3. The third kappa shape index (κ3) is 3.95. The smallest absolute Gasteiger partial charge is 0.240 e. The molecule has 1 unspecified atom stereocenters. The van der Waals surface area contributed by atoms with Crippen LogP contribution in [0.25, 0.3) is 0 Å². The van der Waals surface area contributed by atoms with Gasteiger partial charge in [-0.25, -0.2) is 0 Å². The van der Waals surface area contributed by atoms with Gasteiger partial charge >= 0.3 is 0 Å². The Kier molecular flexibility index (Phi) is 7.33. The maximum Gasteiger partial charge on any atom is 0.240 e. The van der Waals surface area contributed by atoms with Crippen molar-refractivity contribution in [1.29, 1.82) is 0 Å². The molecule has 0 aromatic carbocycles. The van der Waals surface area contributed by atoms with Crippen molar-refractivity contribution in [3.63, 3.8) is 0 Å². The highest BCUT2D eigenvalue weighted by molar-refractivity contribution is 7.38. The lowest BCUT2D eigenvalue weighted by molar-refractivity contribution is -0.133. The number of carbonyl (C=O) groups excluding carboxylic acids is 1. The molecule has 4 atom stereocenters. The minimum Gasteiger partial charge on any atom is -0.345 e. The van der Waals surface area contributed by atoms with Gasteiger partial charge in [0.15, 0.2) is 0 Å². The molecule has 1 aliphatic rings. The number of nitrogens with zero attached hydrogens (tertiary/aromatic N) is 1. The molecule has 1 heterocycles. The Labute approximate surface area is 109 Å². The second kappa shape index (κ2) is 7.37. The zero-order chi connectivity index (χ0) is 12.3. The number of rotatable bonds is 4. The van der Waals surface area contributed by atoms with E-state index in [1.165, 1.54) is 4.90 Å². The van der Waals surface area contributed by atoms with Gasteiger partial charge in [0, 0.05) is 6.54 Å². The molecule has 1 saturated heterocycles. The number of hydrogen-bond donors (Lipinski definition) is 2. The summed E-state index contributed by atoms with van der Waals surface area (Å²) in [7, 11) is -2.67. The molecule has 17 heavy (non-hydrogen) atoms. The fraction of sp³-hybridized carbons (Fsp3) is 0.900. The maximum atomic E-state index is 12.0. The quantitative estimate of drug-likeness (QED) is 0.760. The highest BCUT2D eigenvalue weighted by atomic mass is 35.5. The predicted molar refractivity (Wildman–Crippen MR) is 70.6 cm³/mol. The van der Waals surface area contributed by atoms with Gasteiger partial charge in [-0.05, 0) is 18.8 Å². The van der Waals surface area contributed by atoms with Gasteiger partial charge < -0.3 is 15.5 Å². The zero-order valence-corrected chi connectivity index (χ0v) is 12.1. The van der Waals surface area contributed by atoms with E-state index in [2.05, 4.69) is 0 Å². The molecule has 0 saturated carbocycles. The highest BCUT2D eigenvalue weighted by Gasteiger charge is 2.35. The molecular weight excluding hydrogens is 263 g/mol. The van der Waals surface area contributed by atoms with Crippen LogP contribution in [0.5, 0.6) is 0 Å². The molecular formula is C10H22ClN2O3P. The average Bonchev–Trinajstić information content (AvgIpc) is 2.74. The predicted octanol–water partition coefficient (Wildman–Crippen LogP) is 1.20. The maximum absolute atomic E-state index is 12.0. The molecule has 0 aromatic heterocycles. The van der Waals surface area contributed by atoms with Gasteiger partial charge in [-0.15, -0.1) is 12.4 Å². The van der Waals surface area contributed by atoms with Crippen LogP contribution >= 0.6 is 20.4 Å². The summed E-state index contributed by atoms with van der Waals surface area (Å²) in [5.41, 5.74) is 5.85. The molecule has 1 fully saturated rings. The first-order valence-corrected chi connectivity index (χ1v) is 7.21. The van der Waals surface area contributed by atoms with Crippen molar-refractivity contribution in [3.8, 4) is 0 Å². The van der Waals surface area contributed by atoms with E-state index in [1.807, 2.05) is 13.8 Å². The van der Waals surface area contributed by atoms with Crippen LogP contribution < -0.4 is 5.73 Å². The van der Waals surface area contributed by atoms with Crippen molar-refractivity contribution in [1.82, 2.24) is 4.90 Å². The van der Waals surface area contributed by atoms with Crippen LogP contribution in [0, 0.1) is 5.92 Å². The summed E-state index contributed by atoms with van der Waals surface area (Å²) in [5, 5.41) is 0. The van der Waals surface area contributed by atoms with Crippen LogP contribution in [0.3, 0.4) is 0 Å². The minimum absolute atomic E-state index is 0. The third-order valence-electron chi connectivity index (χ3n) is 3.36. The normalized spacial score (nSPS) is 24.9. The second-order valence-corrected chi connectivity index (χ2v) is 5.78. The Morgan fingerprint density at radius 1 is 1.65 bits per heavy atom. The number of amides is 1. The van der Waals surface area contributed by atoms with E-state index in [9.17, 15) is 9.36 Å². The van der Waals surface area contributed by atoms with Crippen molar-refractivity contribution in [3.05, 3.63) is 0 Å². The Balaban J connectivity index is 0.00000256. The summed E-state index contributed by atoms with van der Waals surface area (Å²) in [6.45, 7) is 4.47. The SMILES string of the molecule is CC[C@H](C)[C@H](N)C(=O)N1CCC[C@H]1[PH](=O)O.Cl. The van der Waals surface area contributed by atoms with Crippen LogP contribution in [0.4, 0.5) is 0 Å². The molecule has 0 aliphatic carbocycles.